The lowest BCUT2D eigenvalue weighted by Gasteiger charge is -2.58. The minimum Gasteiger partial charge on any atom is -0.390 e. The van der Waals surface area contributed by atoms with Gasteiger partial charge in [0.15, 0.2) is 0 Å². The van der Waals surface area contributed by atoms with Crippen molar-refractivity contribution in [3.8, 4) is 0 Å². The van der Waals surface area contributed by atoms with Crippen LogP contribution < -0.4 is 5.32 Å². The van der Waals surface area contributed by atoms with E-state index in [2.05, 4.69) is 5.32 Å². The van der Waals surface area contributed by atoms with E-state index in [1.807, 2.05) is 11.8 Å². The monoisotopic (exact) mass is 310 g/mol. The van der Waals surface area contributed by atoms with Gasteiger partial charge in [-0.15, -0.1) is 0 Å². The maximum absolute atomic E-state index is 13.3. The number of carbonyl (C=O) groups excluding carboxylic acids is 1. The van der Waals surface area contributed by atoms with E-state index in [4.69, 9.17) is 0 Å². The van der Waals surface area contributed by atoms with Gasteiger partial charge in [0.05, 0.1) is 11.6 Å². The molecule has 4 aliphatic carbocycles. The van der Waals surface area contributed by atoms with Crippen LogP contribution in [0.5, 0.6) is 0 Å². The molecular weight excluding hydrogens is 283 g/mol. The third kappa shape index (κ3) is 2.46. The van der Waals surface area contributed by atoms with Crippen molar-refractivity contribution in [3.05, 3.63) is 0 Å². The average Bonchev–Trinajstić information content (AvgIpc) is 2.86. The molecule has 1 amide bonds. The summed E-state index contributed by atoms with van der Waals surface area (Å²) in [7, 11) is 0. The van der Waals surface area contributed by atoms with Gasteiger partial charge in [-0.05, 0) is 63.2 Å². The van der Waals surface area contributed by atoms with E-state index in [1.165, 1.54) is 0 Å². The molecule has 5 fully saturated rings. The summed E-state index contributed by atoms with van der Waals surface area (Å²) in [5.41, 5.74) is -0.459. The zero-order valence-electron chi connectivity index (χ0n) is 13.3. The molecule has 22 heavy (non-hydrogen) atoms. The zero-order valence-corrected chi connectivity index (χ0v) is 13.3. The molecule has 4 nitrogen and oxygen atoms in total. The van der Waals surface area contributed by atoms with E-state index in [0.717, 1.165) is 32.1 Å². The highest BCUT2D eigenvalue weighted by atomic mass is 19.1. The first-order valence-corrected chi connectivity index (χ1v) is 8.84. The summed E-state index contributed by atoms with van der Waals surface area (Å²) in [5, 5.41) is 13.9. The van der Waals surface area contributed by atoms with E-state index in [0.29, 0.717) is 37.3 Å². The number of halogens is 1. The third-order valence-electron chi connectivity index (χ3n) is 6.64. The maximum Gasteiger partial charge on any atom is 0.237 e. The minimum absolute atomic E-state index is 0.0403. The summed E-state index contributed by atoms with van der Waals surface area (Å²) in [6, 6.07) is -0.0309. The number of rotatable bonds is 3. The number of aliphatic hydroxyl groups is 1. The molecule has 4 saturated carbocycles. The fraction of sp³-hybridized carbons (Fsp3) is 0.941. The van der Waals surface area contributed by atoms with Gasteiger partial charge in [-0.25, -0.2) is 4.39 Å². The lowest BCUT2D eigenvalue weighted by molar-refractivity contribution is -0.148. The van der Waals surface area contributed by atoms with E-state index in [9.17, 15) is 14.3 Å². The van der Waals surface area contributed by atoms with Crippen molar-refractivity contribution >= 4 is 5.91 Å². The molecule has 124 valence electrons. The van der Waals surface area contributed by atoms with Crippen LogP contribution in [-0.2, 0) is 4.79 Å². The van der Waals surface area contributed by atoms with Crippen LogP contribution in [0.3, 0.4) is 0 Å². The van der Waals surface area contributed by atoms with Crippen molar-refractivity contribution in [2.75, 3.05) is 13.1 Å². The number of nitrogens with one attached hydrogen (secondary N) is 1. The molecule has 2 unspecified atom stereocenters. The fourth-order valence-electron chi connectivity index (χ4n) is 5.76. The molecule has 5 aliphatic rings. The molecule has 0 aromatic rings. The number of amides is 1. The summed E-state index contributed by atoms with van der Waals surface area (Å²) < 4.78 is 13.3. The van der Waals surface area contributed by atoms with Gasteiger partial charge in [-0.2, -0.15) is 0 Å². The topological polar surface area (TPSA) is 52.6 Å². The Balaban J connectivity index is 1.40. The molecule has 1 aliphatic heterocycles. The highest BCUT2D eigenvalue weighted by Gasteiger charge is 2.55. The molecule has 1 heterocycles. The van der Waals surface area contributed by atoms with Gasteiger partial charge in [-0.1, -0.05) is 0 Å². The molecule has 0 aromatic carbocycles. The van der Waals surface area contributed by atoms with Gasteiger partial charge in [0.25, 0.3) is 0 Å². The number of alkyl halides is 1. The lowest BCUT2D eigenvalue weighted by atomic mass is 9.52. The molecular formula is C17H27FN2O2. The second-order valence-electron chi connectivity index (χ2n) is 8.29. The Morgan fingerprint density at radius 2 is 2.00 bits per heavy atom. The van der Waals surface area contributed by atoms with Gasteiger partial charge in [0, 0.05) is 19.1 Å². The van der Waals surface area contributed by atoms with Crippen molar-refractivity contribution < 1.29 is 14.3 Å². The standard InChI is InChI=1S/C17H27FN2O2/c1-10(20-3-2-14(18)9-20)16(21)19-15-12-4-11-5-13(15)8-17(22,6-11)7-12/h10-15,22H,2-9H2,1H3,(H,19,21)/t10-,11?,12?,13?,14-,15?,17?/m1/s1. The largest absolute Gasteiger partial charge is 0.390 e. The predicted octanol–water partition coefficient (Wildman–Crippen LogP) is 1.47. The fourth-order valence-corrected chi connectivity index (χ4v) is 5.76. The van der Waals surface area contributed by atoms with Crippen LogP contribution in [0.25, 0.3) is 0 Å². The van der Waals surface area contributed by atoms with Gasteiger partial charge < -0.3 is 10.4 Å². The van der Waals surface area contributed by atoms with Crippen LogP contribution in [-0.4, -0.2) is 52.9 Å². The molecule has 0 radical (unpaired) electrons. The molecule has 5 rings (SSSR count). The van der Waals surface area contributed by atoms with Crippen LogP contribution in [0, 0.1) is 17.8 Å². The SMILES string of the molecule is C[C@H](C(=O)NC1C2CC3CC1CC(O)(C3)C2)N1CC[C@@H](F)C1. The van der Waals surface area contributed by atoms with Gasteiger partial charge in [0.1, 0.15) is 6.17 Å². The summed E-state index contributed by atoms with van der Waals surface area (Å²) >= 11 is 0. The number of carbonyl (C=O) groups is 1. The summed E-state index contributed by atoms with van der Waals surface area (Å²) in [6.45, 7) is 2.94. The Morgan fingerprint density at radius 1 is 1.32 bits per heavy atom. The Labute approximate surface area is 131 Å². The summed E-state index contributed by atoms with van der Waals surface area (Å²) in [6.07, 6.45) is 4.70. The Kier molecular flexibility index (Phi) is 3.49. The smallest absolute Gasteiger partial charge is 0.237 e. The lowest BCUT2D eigenvalue weighted by Crippen LogP contribution is -2.63. The first-order chi connectivity index (χ1) is 10.4. The highest BCUT2D eigenvalue weighted by Crippen LogP contribution is 2.55. The minimum atomic E-state index is -0.786. The second-order valence-corrected chi connectivity index (χ2v) is 8.29. The van der Waals surface area contributed by atoms with E-state index < -0.39 is 11.8 Å². The Bertz CT molecular complexity index is 456. The van der Waals surface area contributed by atoms with Crippen LogP contribution in [0.1, 0.15) is 45.4 Å². The summed E-state index contributed by atoms with van der Waals surface area (Å²) in [4.78, 5) is 14.5. The maximum atomic E-state index is 13.3. The number of nitrogens with zero attached hydrogens (tertiary/aromatic N) is 1. The molecule has 1 saturated heterocycles. The molecule has 0 spiro atoms. The van der Waals surface area contributed by atoms with Crippen molar-refractivity contribution in [2.24, 2.45) is 17.8 Å². The molecule has 5 heteroatoms. The van der Waals surface area contributed by atoms with Gasteiger partial charge >= 0.3 is 0 Å². The van der Waals surface area contributed by atoms with E-state index >= 15 is 0 Å². The van der Waals surface area contributed by atoms with Crippen molar-refractivity contribution in [1.82, 2.24) is 10.2 Å². The second kappa shape index (κ2) is 5.17. The molecule has 4 atom stereocenters. The molecule has 2 N–H and O–H groups in total. The highest BCUT2D eigenvalue weighted by molar-refractivity contribution is 5.81. The third-order valence-corrected chi connectivity index (χ3v) is 6.64. The van der Waals surface area contributed by atoms with Crippen molar-refractivity contribution in [3.63, 3.8) is 0 Å². The summed E-state index contributed by atoms with van der Waals surface area (Å²) in [5.74, 6) is 1.55. The first kappa shape index (κ1) is 14.9. The van der Waals surface area contributed by atoms with E-state index in [1.54, 1.807) is 0 Å². The average molecular weight is 310 g/mol. The van der Waals surface area contributed by atoms with Crippen LogP contribution in [0.4, 0.5) is 4.39 Å². The van der Waals surface area contributed by atoms with Gasteiger partial charge in [0.2, 0.25) is 5.91 Å². The van der Waals surface area contributed by atoms with E-state index in [-0.39, 0.29) is 18.0 Å². The number of hydrogen-bond acceptors (Lipinski definition) is 3. The molecule has 0 aromatic heterocycles. The number of hydrogen-bond donors (Lipinski definition) is 2. The number of likely N-dealkylation sites (tertiary alicyclic amines) is 1. The van der Waals surface area contributed by atoms with Crippen molar-refractivity contribution in [1.29, 1.82) is 0 Å². The normalized spacial score (nSPS) is 48.6. The predicted molar refractivity (Wildman–Crippen MR) is 81.0 cm³/mol. The van der Waals surface area contributed by atoms with Crippen molar-refractivity contribution in [2.45, 2.75) is 69.3 Å². The zero-order chi connectivity index (χ0) is 15.5. The first-order valence-electron chi connectivity index (χ1n) is 8.84. The van der Waals surface area contributed by atoms with Crippen LogP contribution in [0.2, 0.25) is 0 Å². The van der Waals surface area contributed by atoms with Crippen LogP contribution >= 0.6 is 0 Å². The van der Waals surface area contributed by atoms with Crippen LogP contribution in [0.15, 0.2) is 0 Å². The molecule has 4 bridgehead atoms. The Hall–Kier alpha value is -0.680. The quantitative estimate of drug-likeness (QED) is 0.830. The van der Waals surface area contributed by atoms with Gasteiger partial charge in [-0.3, -0.25) is 9.69 Å². The Morgan fingerprint density at radius 3 is 2.55 bits per heavy atom.